The maximum atomic E-state index is 11.9. The molecule has 0 unspecified atom stereocenters. The van der Waals surface area contributed by atoms with Crippen molar-refractivity contribution in [2.24, 2.45) is 7.05 Å². The molecule has 0 saturated carbocycles. The van der Waals surface area contributed by atoms with Crippen molar-refractivity contribution in [1.82, 2.24) is 0 Å². The van der Waals surface area contributed by atoms with Crippen molar-refractivity contribution >= 4 is 5.97 Å². The van der Waals surface area contributed by atoms with Gasteiger partial charge in [0.05, 0.1) is 12.2 Å². The lowest BCUT2D eigenvalue weighted by atomic mass is 10.1. The normalized spacial score (nSPS) is 11.2. The molecule has 1 aromatic rings. The SMILES string of the molecule is CCCCCCCC/C=C\CCCCCCCCOC(=O)c1cc[n+](C)cc1. The summed E-state index contributed by atoms with van der Waals surface area (Å²) in [6.07, 6.45) is 26.5. The predicted molar refractivity (Wildman–Crippen MR) is 117 cm³/mol. The molecule has 0 aliphatic heterocycles. The van der Waals surface area contributed by atoms with E-state index in [9.17, 15) is 4.79 Å². The Morgan fingerprint density at radius 2 is 1.32 bits per heavy atom. The van der Waals surface area contributed by atoms with Crippen molar-refractivity contribution in [3.63, 3.8) is 0 Å². The zero-order chi connectivity index (χ0) is 20.3. The van der Waals surface area contributed by atoms with Crippen molar-refractivity contribution in [3.05, 3.63) is 42.2 Å². The van der Waals surface area contributed by atoms with Gasteiger partial charge in [0.25, 0.3) is 0 Å². The second-order valence-electron chi connectivity index (χ2n) is 7.83. The molecule has 3 heteroatoms. The van der Waals surface area contributed by atoms with E-state index < -0.39 is 0 Å². The summed E-state index contributed by atoms with van der Waals surface area (Å²) in [5, 5.41) is 0. The number of pyridine rings is 1. The van der Waals surface area contributed by atoms with E-state index in [1.165, 1.54) is 77.0 Å². The van der Waals surface area contributed by atoms with E-state index >= 15 is 0 Å². The van der Waals surface area contributed by atoms with Gasteiger partial charge in [0.2, 0.25) is 0 Å². The molecule has 28 heavy (non-hydrogen) atoms. The first-order valence-corrected chi connectivity index (χ1v) is 11.5. The van der Waals surface area contributed by atoms with E-state index in [0.717, 1.165) is 12.8 Å². The molecule has 0 aromatic carbocycles. The maximum Gasteiger partial charge on any atom is 0.338 e. The van der Waals surface area contributed by atoms with Crippen LogP contribution >= 0.6 is 0 Å². The number of esters is 1. The van der Waals surface area contributed by atoms with Crippen molar-refractivity contribution < 1.29 is 14.1 Å². The Morgan fingerprint density at radius 1 is 0.821 bits per heavy atom. The fourth-order valence-corrected chi connectivity index (χ4v) is 3.23. The highest BCUT2D eigenvalue weighted by Gasteiger charge is 2.07. The van der Waals surface area contributed by atoms with Crippen molar-refractivity contribution in [3.8, 4) is 0 Å². The van der Waals surface area contributed by atoms with Crippen LogP contribution in [0.2, 0.25) is 0 Å². The lowest BCUT2D eigenvalue weighted by Gasteiger charge is -2.04. The summed E-state index contributed by atoms with van der Waals surface area (Å²) in [5.74, 6) is -0.214. The number of aromatic nitrogens is 1. The van der Waals surface area contributed by atoms with Gasteiger partial charge in [0.1, 0.15) is 7.05 Å². The van der Waals surface area contributed by atoms with Crippen LogP contribution in [0.15, 0.2) is 36.7 Å². The van der Waals surface area contributed by atoms with E-state index in [4.69, 9.17) is 4.74 Å². The monoisotopic (exact) mass is 388 g/mol. The topological polar surface area (TPSA) is 30.2 Å². The van der Waals surface area contributed by atoms with Crippen LogP contribution in [-0.2, 0) is 11.8 Å². The van der Waals surface area contributed by atoms with Gasteiger partial charge in [-0.05, 0) is 32.1 Å². The lowest BCUT2D eigenvalue weighted by molar-refractivity contribution is -0.671. The number of hydrogen-bond donors (Lipinski definition) is 0. The standard InChI is InChI=1S/C25H42NO2/c1-3-4-5-6-7-8-9-10-11-12-13-14-15-16-17-18-23-28-25(27)24-19-21-26(2)22-20-24/h10-11,19-22H,3-9,12-18,23H2,1-2H3/q+1/b11-10-. The summed E-state index contributed by atoms with van der Waals surface area (Å²) >= 11 is 0. The number of unbranched alkanes of at least 4 members (excludes halogenated alkanes) is 12. The van der Waals surface area contributed by atoms with Crippen LogP contribution in [0.25, 0.3) is 0 Å². The third-order valence-corrected chi connectivity index (χ3v) is 5.10. The van der Waals surface area contributed by atoms with Gasteiger partial charge >= 0.3 is 5.97 Å². The van der Waals surface area contributed by atoms with Crippen LogP contribution in [0.5, 0.6) is 0 Å². The minimum Gasteiger partial charge on any atom is -0.462 e. The molecule has 1 heterocycles. The minimum absolute atomic E-state index is 0.214. The number of carbonyl (C=O) groups excluding carboxylic acids is 1. The molecule has 0 aliphatic carbocycles. The molecule has 3 nitrogen and oxygen atoms in total. The smallest absolute Gasteiger partial charge is 0.338 e. The molecular formula is C25H42NO2+. The summed E-state index contributed by atoms with van der Waals surface area (Å²) in [5.41, 5.74) is 0.627. The highest BCUT2D eigenvalue weighted by molar-refractivity contribution is 5.88. The minimum atomic E-state index is -0.214. The van der Waals surface area contributed by atoms with Crippen molar-refractivity contribution in [2.75, 3.05) is 6.61 Å². The van der Waals surface area contributed by atoms with Crippen molar-refractivity contribution in [2.45, 2.75) is 96.8 Å². The number of nitrogens with zero attached hydrogens (tertiary/aromatic N) is 1. The van der Waals surface area contributed by atoms with Crippen LogP contribution in [0.1, 0.15) is 107 Å². The van der Waals surface area contributed by atoms with Crippen LogP contribution in [0.4, 0.5) is 0 Å². The number of aryl methyl sites for hydroxylation is 1. The van der Waals surface area contributed by atoms with Crippen molar-refractivity contribution in [1.29, 1.82) is 0 Å². The summed E-state index contributed by atoms with van der Waals surface area (Å²) in [6.45, 7) is 2.80. The quantitative estimate of drug-likeness (QED) is 0.128. The highest BCUT2D eigenvalue weighted by Crippen LogP contribution is 2.10. The fraction of sp³-hybridized carbons (Fsp3) is 0.680. The van der Waals surface area contributed by atoms with Gasteiger partial charge in [-0.3, -0.25) is 0 Å². The number of ether oxygens (including phenoxy) is 1. The first-order chi connectivity index (χ1) is 13.7. The lowest BCUT2D eigenvalue weighted by Crippen LogP contribution is -2.26. The van der Waals surface area contributed by atoms with Crippen LogP contribution < -0.4 is 4.57 Å². The molecule has 1 aromatic heterocycles. The Morgan fingerprint density at radius 3 is 1.89 bits per heavy atom. The Kier molecular flexibility index (Phi) is 15.2. The Bertz CT molecular complexity index is 522. The molecule has 0 spiro atoms. The largest absolute Gasteiger partial charge is 0.462 e. The molecule has 0 N–H and O–H groups in total. The third-order valence-electron chi connectivity index (χ3n) is 5.10. The molecule has 0 fully saturated rings. The molecular weight excluding hydrogens is 346 g/mol. The van der Waals surface area contributed by atoms with Gasteiger partial charge in [0.15, 0.2) is 12.4 Å². The predicted octanol–water partition coefficient (Wildman–Crippen LogP) is 6.71. The first-order valence-electron chi connectivity index (χ1n) is 11.5. The summed E-state index contributed by atoms with van der Waals surface area (Å²) in [6, 6.07) is 3.59. The van der Waals surface area contributed by atoms with E-state index in [2.05, 4.69) is 19.1 Å². The second kappa shape index (κ2) is 17.5. The fourth-order valence-electron chi connectivity index (χ4n) is 3.23. The van der Waals surface area contributed by atoms with E-state index in [1.54, 1.807) is 12.1 Å². The van der Waals surface area contributed by atoms with E-state index in [0.29, 0.717) is 12.2 Å². The first kappa shape index (κ1) is 24.4. The number of carbonyl (C=O) groups is 1. The van der Waals surface area contributed by atoms with Crippen LogP contribution in [-0.4, -0.2) is 12.6 Å². The summed E-state index contributed by atoms with van der Waals surface area (Å²) < 4.78 is 7.23. The average molecular weight is 389 g/mol. The number of allylic oxidation sites excluding steroid dienone is 2. The van der Waals surface area contributed by atoms with Gasteiger partial charge in [-0.15, -0.1) is 0 Å². The van der Waals surface area contributed by atoms with Gasteiger partial charge in [-0.1, -0.05) is 76.9 Å². The Labute approximate surface area is 173 Å². The zero-order valence-electron chi connectivity index (χ0n) is 18.3. The molecule has 0 radical (unpaired) electrons. The van der Waals surface area contributed by atoms with E-state index in [-0.39, 0.29) is 5.97 Å². The third kappa shape index (κ3) is 13.5. The van der Waals surface area contributed by atoms with E-state index in [1.807, 2.05) is 24.0 Å². The van der Waals surface area contributed by atoms with Crippen LogP contribution in [0.3, 0.4) is 0 Å². The molecule has 1 rings (SSSR count). The molecule has 0 saturated heterocycles. The average Bonchev–Trinajstić information content (AvgIpc) is 2.70. The summed E-state index contributed by atoms with van der Waals surface area (Å²) in [7, 11) is 1.93. The van der Waals surface area contributed by atoms with Gasteiger partial charge in [0, 0.05) is 12.1 Å². The van der Waals surface area contributed by atoms with Gasteiger partial charge in [-0.2, -0.15) is 0 Å². The highest BCUT2D eigenvalue weighted by atomic mass is 16.5. The van der Waals surface area contributed by atoms with Crippen LogP contribution in [0, 0.1) is 0 Å². The molecule has 0 aliphatic rings. The van der Waals surface area contributed by atoms with Gasteiger partial charge in [-0.25, -0.2) is 9.36 Å². The molecule has 0 atom stereocenters. The number of hydrogen-bond acceptors (Lipinski definition) is 2. The molecule has 0 amide bonds. The summed E-state index contributed by atoms with van der Waals surface area (Å²) in [4.78, 5) is 11.9. The Balaban J connectivity index is 1.83. The maximum absolute atomic E-state index is 11.9. The zero-order valence-corrected chi connectivity index (χ0v) is 18.3. The molecule has 0 bridgehead atoms. The Hall–Kier alpha value is -1.64. The second-order valence-corrected chi connectivity index (χ2v) is 7.83. The molecule has 158 valence electrons. The van der Waals surface area contributed by atoms with Gasteiger partial charge < -0.3 is 4.74 Å². The number of rotatable bonds is 17.